The van der Waals surface area contributed by atoms with Crippen molar-refractivity contribution in [1.82, 2.24) is 10.2 Å². The van der Waals surface area contributed by atoms with E-state index in [1.807, 2.05) is 6.07 Å². The van der Waals surface area contributed by atoms with E-state index in [9.17, 15) is 0 Å². The summed E-state index contributed by atoms with van der Waals surface area (Å²) in [4.78, 5) is 2.38. The molecule has 4 nitrogen and oxygen atoms in total. The van der Waals surface area contributed by atoms with Gasteiger partial charge in [0.25, 0.3) is 0 Å². The van der Waals surface area contributed by atoms with E-state index in [2.05, 4.69) is 48.5 Å². The predicted octanol–water partition coefficient (Wildman–Crippen LogP) is 3.70. The summed E-state index contributed by atoms with van der Waals surface area (Å²) < 4.78 is 10.9. The molecule has 1 saturated heterocycles. The second-order valence-electron chi connectivity index (χ2n) is 6.74. The zero-order valence-corrected chi connectivity index (χ0v) is 16.0. The minimum Gasteiger partial charge on any atom is -0.495 e. The summed E-state index contributed by atoms with van der Waals surface area (Å²) in [6.45, 7) is 4.77. The zero-order valence-electron chi connectivity index (χ0n) is 15.2. The number of hydrogen-bond acceptors (Lipinski definition) is 4. The Bertz CT molecular complexity index is 716. The van der Waals surface area contributed by atoms with Crippen molar-refractivity contribution < 1.29 is 9.47 Å². The molecule has 2 aromatic rings. The van der Waals surface area contributed by atoms with Gasteiger partial charge in [-0.3, -0.25) is 10.2 Å². The number of ether oxygens (including phenoxy) is 2. The number of morpholine rings is 1. The molecule has 0 spiro atoms. The Balaban J connectivity index is 1.64. The number of nitrogens with one attached hydrogen (secondary N) is 1. The molecule has 1 aliphatic rings. The molecular weight excluding hydrogens is 336 g/mol. The Morgan fingerprint density at radius 2 is 2.20 bits per heavy atom. The fourth-order valence-corrected chi connectivity index (χ4v) is 3.65. The third kappa shape index (κ3) is 4.26. The molecule has 1 N–H and O–H groups in total. The van der Waals surface area contributed by atoms with Gasteiger partial charge in [0, 0.05) is 18.0 Å². The van der Waals surface area contributed by atoms with Crippen LogP contribution in [0.2, 0.25) is 5.02 Å². The van der Waals surface area contributed by atoms with Gasteiger partial charge < -0.3 is 9.47 Å². The molecule has 0 amide bonds. The molecule has 25 heavy (non-hydrogen) atoms. The van der Waals surface area contributed by atoms with Gasteiger partial charge in [0.2, 0.25) is 0 Å². The number of aryl methyl sites for hydroxylation is 1. The lowest BCUT2D eigenvalue weighted by Crippen LogP contribution is -2.54. The molecule has 2 aromatic carbocycles. The van der Waals surface area contributed by atoms with Crippen molar-refractivity contribution in [2.45, 2.75) is 32.0 Å². The molecule has 0 aliphatic carbocycles. The van der Waals surface area contributed by atoms with Crippen LogP contribution in [-0.2, 0) is 11.2 Å². The van der Waals surface area contributed by atoms with E-state index in [1.54, 1.807) is 7.11 Å². The molecule has 3 rings (SSSR count). The van der Waals surface area contributed by atoms with Gasteiger partial charge in [0.05, 0.1) is 31.5 Å². The zero-order chi connectivity index (χ0) is 17.8. The molecule has 0 saturated carbocycles. The van der Waals surface area contributed by atoms with Crippen molar-refractivity contribution in [3.05, 3.63) is 40.9 Å². The van der Waals surface area contributed by atoms with Crippen molar-refractivity contribution in [3.63, 3.8) is 0 Å². The smallest absolute Gasteiger partial charge is 0.138 e. The number of hydrogen-bond donors (Lipinski definition) is 1. The minimum absolute atomic E-state index is 0.312. The first-order valence-corrected chi connectivity index (χ1v) is 9.26. The van der Waals surface area contributed by atoms with Gasteiger partial charge in [0.15, 0.2) is 0 Å². The highest BCUT2D eigenvalue weighted by molar-refractivity contribution is 6.37. The summed E-state index contributed by atoms with van der Waals surface area (Å²) in [5.41, 5.74) is 1.34. The summed E-state index contributed by atoms with van der Waals surface area (Å²) in [5.74, 6) is 0.722. The first kappa shape index (κ1) is 18.5. The maximum absolute atomic E-state index is 6.40. The minimum atomic E-state index is 0.312. The van der Waals surface area contributed by atoms with Crippen LogP contribution < -0.4 is 10.1 Å². The maximum atomic E-state index is 6.40. The van der Waals surface area contributed by atoms with Gasteiger partial charge >= 0.3 is 0 Å². The molecule has 2 unspecified atom stereocenters. The lowest BCUT2D eigenvalue weighted by molar-refractivity contribution is 0.00477. The topological polar surface area (TPSA) is 33.7 Å². The van der Waals surface area contributed by atoms with Gasteiger partial charge in [-0.2, -0.15) is 0 Å². The van der Waals surface area contributed by atoms with Gasteiger partial charge in [-0.05, 0) is 43.8 Å². The molecule has 0 radical (unpaired) electrons. The number of nitrogens with zero attached hydrogens (tertiary/aromatic N) is 1. The van der Waals surface area contributed by atoms with Crippen LogP contribution in [-0.4, -0.2) is 51.0 Å². The van der Waals surface area contributed by atoms with E-state index >= 15 is 0 Å². The molecule has 1 heterocycles. The number of likely N-dealkylation sites (N-methyl/N-ethyl adjacent to an activating group) is 1. The number of fused-ring (bicyclic) bond motifs is 1. The van der Waals surface area contributed by atoms with Gasteiger partial charge in [-0.1, -0.05) is 35.9 Å². The lowest BCUT2D eigenvalue weighted by Gasteiger charge is -2.36. The molecule has 1 aliphatic heterocycles. The van der Waals surface area contributed by atoms with Crippen LogP contribution in [0.4, 0.5) is 0 Å². The fraction of sp³-hybridized carbons (Fsp3) is 0.500. The third-order valence-corrected chi connectivity index (χ3v) is 5.53. The normalized spacial score (nSPS) is 19.3. The maximum Gasteiger partial charge on any atom is 0.138 e. The Kier molecular flexibility index (Phi) is 6.18. The Labute approximate surface area is 155 Å². The lowest BCUT2D eigenvalue weighted by atomic mass is 10.0. The van der Waals surface area contributed by atoms with E-state index in [0.717, 1.165) is 49.1 Å². The molecule has 136 valence electrons. The van der Waals surface area contributed by atoms with Crippen molar-refractivity contribution in [2.75, 3.05) is 33.9 Å². The van der Waals surface area contributed by atoms with Crippen LogP contribution in [0.15, 0.2) is 30.3 Å². The van der Waals surface area contributed by atoms with E-state index < -0.39 is 0 Å². The molecule has 5 heteroatoms. The van der Waals surface area contributed by atoms with E-state index in [0.29, 0.717) is 17.2 Å². The SMILES string of the molecule is COc1ccc2cc(CCC(C)N(C)C3COCCN3)ccc2c1Cl. The van der Waals surface area contributed by atoms with Gasteiger partial charge in [-0.15, -0.1) is 0 Å². The summed E-state index contributed by atoms with van der Waals surface area (Å²) in [7, 11) is 3.81. The molecule has 1 fully saturated rings. The average Bonchev–Trinajstić information content (AvgIpc) is 2.66. The summed E-state index contributed by atoms with van der Waals surface area (Å²) >= 11 is 6.40. The predicted molar refractivity (Wildman–Crippen MR) is 104 cm³/mol. The van der Waals surface area contributed by atoms with Gasteiger partial charge in [-0.25, -0.2) is 0 Å². The first-order valence-electron chi connectivity index (χ1n) is 8.88. The summed E-state index contributed by atoms with van der Waals surface area (Å²) in [5, 5.41) is 6.40. The van der Waals surface area contributed by atoms with Crippen molar-refractivity contribution >= 4 is 22.4 Å². The van der Waals surface area contributed by atoms with Crippen LogP contribution in [0.5, 0.6) is 5.75 Å². The second-order valence-corrected chi connectivity index (χ2v) is 7.11. The molecular formula is C20H27ClN2O2. The third-order valence-electron chi connectivity index (χ3n) is 5.14. The number of methoxy groups -OCH3 is 1. The molecule has 0 bridgehead atoms. The summed E-state index contributed by atoms with van der Waals surface area (Å²) in [6, 6.07) is 11.0. The Morgan fingerprint density at radius 1 is 1.36 bits per heavy atom. The summed E-state index contributed by atoms with van der Waals surface area (Å²) in [6.07, 6.45) is 2.45. The highest BCUT2D eigenvalue weighted by Gasteiger charge is 2.21. The number of halogens is 1. The average molecular weight is 363 g/mol. The second kappa shape index (κ2) is 8.37. The van der Waals surface area contributed by atoms with Crippen LogP contribution in [0.3, 0.4) is 0 Å². The Hall–Kier alpha value is -1.33. The quantitative estimate of drug-likeness (QED) is 0.849. The van der Waals surface area contributed by atoms with E-state index in [-0.39, 0.29) is 0 Å². The van der Waals surface area contributed by atoms with Crippen LogP contribution >= 0.6 is 11.6 Å². The number of benzene rings is 2. The van der Waals surface area contributed by atoms with E-state index in [4.69, 9.17) is 21.1 Å². The highest BCUT2D eigenvalue weighted by Crippen LogP contribution is 2.33. The Morgan fingerprint density at radius 3 is 2.92 bits per heavy atom. The highest BCUT2D eigenvalue weighted by atomic mass is 35.5. The molecule has 0 aromatic heterocycles. The van der Waals surface area contributed by atoms with Crippen LogP contribution in [0.25, 0.3) is 10.8 Å². The first-order chi connectivity index (χ1) is 12.1. The largest absolute Gasteiger partial charge is 0.495 e. The fourth-order valence-electron chi connectivity index (χ4n) is 3.33. The van der Waals surface area contributed by atoms with Crippen LogP contribution in [0.1, 0.15) is 18.9 Å². The van der Waals surface area contributed by atoms with E-state index in [1.165, 1.54) is 5.56 Å². The van der Waals surface area contributed by atoms with Gasteiger partial charge in [0.1, 0.15) is 5.75 Å². The molecule has 2 atom stereocenters. The van der Waals surface area contributed by atoms with Crippen LogP contribution in [0, 0.1) is 0 Å². The van der Waals surface area contributed by atoms with Crippen molar-refractivity contribution in [1.29, 1.82) is 0 Å². The monoisotopic (exact) mass is 362 g/mol. The van der Waals surface area contributed by atoms with Crippen molar-refractivity contribution in [3.8, 4) is 5.75 Å². The van der Waals surface area contributed by atoms with Crippen molar-refractivity contribution in [2.24, 2.45) is 0 Å². The standard InChI is InChI=1S/C20H27ClN2O2/c1-14(23(2)19-13-25-11-10-22-19)4-5-15-6-8-17-16(12-15)7-9-18(24-3)20(17)21/h6-9,12,14,19,22H,4-5,10-11,13H2,1-3H3. The number of rotatable bonds is 6.